The van der Waals surface area contributed by atoms with Gasteiger partial charge in [-0.05, 0) is 37.8 Å². The zero-order chi connectivity index (χ0) is 22.3. The summed E-state index contributed by atoms with van der Waals surface area (Å²) >= 11 is 0. The maximum Gasteiger partial charge on any atom is 0.326 e. The highest BCUT2D eigenvalue weighted by atomic mass is 16.5. The summed E-state index contributed by atoms with van der Waals surface area (Å²) in [4.78, 5) is 60.9. The highest BCUT2D eigenvalue weighted by Gasteiger charge is 2.48. The van der Waals surface area contributed by atoms with E-state index in [1.54, 1.807) is 37.3 Å². The van der Waals surface area contributed by atoms with Crippen LogP contribution in [-0.4, -0.2) is 53.4 Å². The molecule has 0 aliphatic carbocycles. The summed E-state index contributed by atoms with van der Waals surface area (Å²) in [7, 11) is 0. The van der Waals surface area contributed by atoms with Crippen molar-refractivity contribution >= 4 is 35.5 Å². The first-order valence-corrected chi connectivity index (χ1v) is 9.56. The minimum absolute atomic E-state index is 0.350. The molecule has 1 fully saturated rings. The molecule has 0 saturated carbocycles. The van der Waals surface area contributed by atoms with Crippen LogP contribution in [0.2, 0.25) is 0 Å². The molecule has 1 heterocycles. The van der Waals surface area contributed by atoms with Gasteiger partial charge in [-0.2, -0.15) is 0 Å². The number of anilines is 1. The fraction of sp³-hybridized carbons (Fsp3) is 0.450. The third-order valence-corrected chi connectivity index (χ3v) is 4.50. The molecule has 1 saturated heterocycles. The zero-order valence-electron chi connectivity index (χ0n) is 17.2. The van der Waals surface area contributed by atoms with Gasteiger partial charge in [0.25, 0.3) is 11.8 Å². The third kappa shape index (κ3) is 6.29. The molecule has 1 aromatic carbocycles. The molecule has 1 aromatic rings. The van der Waals surface area contributed by atoms with E-state index in [1.165, 1.54) is 0 Å². The third-order valence-electron chi connectivity index (χ3n) is 4.50. The smallest absolute Gasteiger partial charge is 0.326 e. The number of nitrogens with zero attached hydrogens (tertiary/aromatic N) is 1. The van der Waals surface area contributed by atoms with Crippen LogP contribution in [-0.2, 0) is 19.1 Å². The number of benzene rings is 1. The van der Waals surface area contributed by atoms with Gasteiger partial charge in [0.1, 0.15) is 12.1 Å². The molecule has 10 nitrogen and oxygen atoms in total. The van der Waals surface area contributed by atoms with Gasteiger partial charge in [0.05, 0.1) is 0 Å². The van der Waals surface area contributed by atoms with Crippen molar-refractivity contribution in [3.8, 4) is 0 Å². The van der Waals surface area contributed by atoms with E-state index in [2.05, 4.69) is 10.6 Å². The van der Waals surface area contributed by atoms with E-state index in [4.69, 9.17) is 4.74 Å². The SMILES string of the molecule is CC(C)CC[C@@]1(C)NC(=O)N(CC(=O)OCC(=O)NC(=O)Nc2ccccc2)C1=O. The first-order chi connectivity index (χ1) is 14.1. The fourth-order valence-corrected chi connectivity index (χ4v) is 2.80. The van der Waals surface area contributed by atoms with E-state index >= 15 is 0 Å². The Hall–Kier alpha value is -3.43. The topological polar surface area (TPSA) is 134 Å². The lowest BCUT2D eigenvalue weighted by Crippen LogP contribution is -2.44. The first kappa shape index (κ1) is 22.9. The quantitative estimate of drug-likeness (QED) is 0.434. The molecule has 3 N–H and O–H groups in total. The molecule has 2 rings (SSSR count). The average molecular weight is 418 g/mol. The van der Waals surface area contributed by atoms with Gasteiger partial charge >= 0.3 is 18.0 Å². The van der Waals surface area contributed by atoms with Crippen molar-refractivity contribution in [2.45, 2.75) is 39.2 Å². The van der Waals surface area contributed by atoms with Crippen LogP contribution in [0.5, 0.6) is 0 Å². The van der Waals surface area contributed by atoms with Crippen LogP contribution in [0.4, 0.5) is 15.3 Å². The zero-order valence-corrected chi connectivity index (χ0v) is 17.2. The summed E-state index contributed by atoms with van der Waals surface area (Å²) in [5.74, 6) is -1.96. The molecule has 162 valence electrons. The molecular formula is C20H26N4O6. The number of para-hydroxylation sites is 1. The van der Waals surface area contributed by atoms with E-state index in [0.29, 0.717) is 18.0 Å². The molecule has 0 unspecified atom stereocenters. The Morgan fingerprint density at radius 3 is 2.47 bits per heavy atom. The molecule has 0 aromatic heterocycles. The van der Waals surface area contributed by atoms with Crippen LogP contribution in [0.25, 0.3) is 0 Å². The van der Waals surface area contributed by atoms with E-state index in [0.717, 1.165) is 11.3 Å². The highest BCUT2D eigenvalue weighted by Crippen LogP contribution is 2.24. The molecule has 0 bridgehead atoms. The van der Waals surface area contributed by atoms with Crippen molar-refractivity contribution < 1.29 is 28.7 Å². The number of carbonyl (C=O) groups is 5. The summed E-state index contributed by atoms with van der Waals surface area (Å²) in [6.45, 7) is 4.27. The lowest BCUT2D eigenvalue weighted by molar-refractivity contribution is -0.150. The number of imide groups is 2. The second-order valence-electron chi connectivity index (χ2n) is 7.62. The number of carbonyl (C=O) groups excluding carboxylic acids is 5. The maximum absolute atomic E-state index is 12.5. The molecule has 10 heteroatoms. The van der Waals surface area contributed by atoms with Gasteiger partial charge in [-0.1, -0.05) is 32.0 Å². The van der Waals surface area contributed by atoms with Crippen LogP contribution in [0.15, 0.2) is 30.3 Å². The van der Waals surface area contributed by atoms with Gasteiger partial charge in [0.2, 0.25) is 0 Å². The number of rotatable bonds is 8. The van der Waals surface area contributed by atoms with E-state index in [9.17, 15) is 24.0 Å². The molecule has 1 atom stereocenters. The summed E-state index contributed by atoms with van der Waals surface area (Å²) in [6, 6.07) is 7.00. The highest BCUT2D eigenvalue weighted by molar-refractivity contribution is 6.08. The van der Waals surface area contributed by atoms with Crippen molar-refractivity contribution in [3.05, 3.63) is 30.3 Å². The van der Waals surface area contributed by atoms with E-state index in [-0.39, 0.29) is 0 Å². The molecule has 0 radical (unpaired) electrons. The van der Waals surface area contributed by atoms with Crippen LogP contribution >= 0.6 is 0 Å². The number of esters is 1. The largest absolute Gasteiger partial charge is 0.454 e. The number of ether oxygens (including phenoxy) is 1. The summed E-state index contributed by atoms with van der Waals surface area (Å²) in [5, 5.41) is 7.05. The Morgan fingerprint density at radius 2 is 1.83 bits per heavy atom. The minimum Gasteiger partial charge on any atom is -0.454 e. The standard InChI is InChI=1S/C20H26N4O6/c1-13(2)9-10-20(3)17(27)24(19(29)23-20)11-16(26)30-12-15(25)22-18(28)21-14-7-5-4-6-8-14/h4-8,13H,9-12H2,1-3H3,(H,23,29)(H2,21,22,25,28)/t20-/m1/s1. The molecule has 0 spiro atoms. The lowest BCUT2D eigenvalue weighted by Gasteiger charge is -2.22. The van der Waals surface area contributed by atoms with Crippen molar-refractivity contribution in [1.82, 2.24) is 15.5 Å². The Bertz CT molecular complexity index is 826. The Kier molecular flexibility index (Phi) is 7.51. The molecule has 1 aliphatic heterocycles. The predicted octanol–water partition coefficient (Wildman–Crippen LogP) is 1.62. The second-order valence-corrected chi connectivity index (χ2v) is 7.62. The van der Waals surface area contributed by atoms with Crippen molar-refractivity contribution in [1.29, 1.82) is 0 Å². The number of hydrogen-bond donors (Lipinski definition) is 3. The van der Waals surface area contributed by atoms with Crippen LogP contribution in [0.3, 0.4) is 0 Å². The van der Waals surface area contributed by atoms with Crippen molar-refractivity contribution in [2.75, 3.05) is 18.5 Å². The monoisotopic (exact) mass is 418 g/mol. The lowest BCUT2D eigenvalue weighted by atomic mass is 9.92. The van der Waals surface area contributed by atoms with Crippen molar-refractivity contribution in [2.24, 2.45) is 5.92 Å². The number of urea groups is 2. The summed E-state index contributed by atoms with van der Waals surface area (Å²) in [6.07, 6.45) is 1.17. The number of hydrogen-bond acceptors (Lipinski definition) is 6. The van der Waals surface area contributed by atoms with Gasteiger partial charge in [0.15, 0.2) is 6.61 Å². The number of amides is 6. The molecular weight excluding hydrogens is 392 g/mol. The minimum atomic E-state index is -1.07. The van der Waals surface area contributed by atoms with E-state index < -0.39 is 48.5 Å². The van der Waals surface area contributed by atoms with Crippen LogP contribution < -0.4 is 16.0 Å². The van der Waals surface area contributed by atoms with Gasteiger partial charge < -0.3 is 15.4 Å². The second kappa shape index (κ2) is 9.86. The Balaban J connectivity index is 1.78. The Morgan fingerprint density at radius 1 is 1.17 bits per heavy atom. The van der Waals surface area contributed by atoms with Crippen LogP contribution in [0.1, 0.15) is 33.6 Å². The fourth-order valence-electron chi connectivity index (χ4n) is 2.80. The van der Waals surface area contributed by atoms with Gasteiger partial charge in [-0.3, -0.25) is 24.6 Å². The predicted molar refractivity (Wildman–Crippen MR) is 107 cm³/mol. The average Bonchev–Trinajstić information content (AvgIpc) is 2.89. The van der Waals surface area contributed by atoms with Gasteiger partial charge in [-0.15, -0.1) is 0 Å². The van der Waals surface area contributed by atoms with E-state index in [1.807, 2.05) is 19.2 Å². The molecule has 30 heavy (non-hydrogen) atoms. The van der Waals surface area contributed by atoms with Gasteiger partial charge in [-0.25, -0.2) is 9.59 Å². The Labute approximate surface area is 174 Å². The van der Waals surface area contributed by atoms with Gasteiger partial charge in [0, 0.05) is 5.69 Å². The normalized spacial score (nSPS) is 18.2. The first-order valence-electron chi connectivity index (χ1n) is 9.56. The summed E-state index contributed by atoms with van der Waals surface area (Å²) in [5.41, 5.74) is -0.590. The maximum atomic E-state index is 12.5. The summed E-state index contributed by atoms with van der Waals surface area (Å²) < 4.78 is 4.78. The van der Waals surface area contributed by atoms with Crippen molar-refractivity contribution in [3.63, 3.8) is 0 Å². The molecule has 1 aliphatic rings. The van der Waals surface area contributed by atoms with Crippen LogP contribution in [0, 0.1) is 5.92 Å². The number of nitrogens with one attached hydrogen (secondary N) is 3. The molecule has 6 amide bonds.